The fourth-order valence-electron chi connectivity index (χ4n) is 3.04. The molecule has 0 radical (unpaired) electrons. The van der Waals surface area contributed by atoms with E-state index >= 15 is 0 Å². The van der Waals surface area contributed by atoms with Crippen LogP contribution in [-0.4, -0.2) is 6.54 Å². The summed E-state index contributed by atoms with van der Waals surface area (Å²) in [6.45, 7) is 12.4. The molecule has 0 aliphatic heterocycles. The van der Waals surface area contributed by atoms with Gasteiger partial charge in [-0.25, -0.2) is 0 Å². The number of halogens is 1. The third-order valence-corrected chi connectivity index (χ3v) is 5.28. The zero-order chi connectivity index (χ0) is 15.8. The summed E-state index contributed by atoms with van der Waals surface area (Å²) in [4.78, 5) is 0. The predicted molar refractivity (Wildman–Crippen MR) is 98.0 cm³/mol. The van der Waals surface area contributed by atoms with Gasteiger partial charge >= 0.3 is 0 Å². The van der Waals surface area contributed by atoms with Crippen molar-refractivity contribution in [2.24, 2.45) is 5.92 Å². The van der Waals surface area contributed by atoms with E-state index in [0.717, 1.165) is 12.5 Å². The van der Waals surface area contributed by atoms with E-state index in [2.05, 4.69) is 68.0 Å². The molecular weight excluding hydrogens is 322 g/mol. The summed E-state index contributed by atoms with van der Waals surface area (Å²) in [7, 11) is 0. The molecule has 1 nitrogen and oxygen atoms in total. The largest absolute Gasteiger partial charge is 0.310 e. The van der Waals surface area contributed by atoms with Gasteiger partial charge in [-0.15, -0.1) is 0 Å². The minimum atomic E-state index is 0.494. The summed E-state index contributed by atoms with van der Waals surface area (Å²) in [6, 6.07) is 5.15. The van der Waals surface area contributed by atoms with Gasteiger partial charge in [0, 0.05) is 10.5 Å². The van der Waals surface area contributed by atoms with Crippen molar-refractivity contribution >= 4 is 15.9 Å². The molecule has 0 amide bonds. The monoisotopic (exact) mass is 353 g/mol. The van der Waals surface area contributed by atoms with Gasteiger partial charge in [-0.3, -0.25) is 0 Å². The van der Waals surface area contributed by atoms with Crippen LogP contribution in [-0.2, 0) is 0 Å². The van der Waals surface area contributed by atoms with Gasteiger partial charge in [0.25, 0.3) is 0 Å². The molecule has 0 saturated carbocycles. The minimum absolute atomic E-state index is 0.494. The highest BCUT2D eigenvalue weighted by molar-refractivity contribution is 9.10. The van der Waals surface area contributed by atoms with Crippen molar-refractivity contribution in [2.75, 3.05) is 6.54 Å². The predicted octanol–water partition coefficient (Wildman–Crippen LogP) is 6.32. The van der Waals surface area contributed by atoms with Crippen molar-refractivity contribution in [3.05, 3.63) is 33.3 Å². The molecule has 1 N–H and O–H groups in total. The molecule has 0 aromatic heterocycles. The number of hydrogen-bond acceptors (Lipinski definition) is 1. The van der Waals surface area contributed by atoms with Crippen molar-refractivity contribution in [1.82, 2.24) is 5.32 Å². The molecule has 0 spiro atoms. The Bertz CT molecular complexity index is 428. The highest BCUT2D eigenvalue weighted by Crippen LogP contribution is 2.33. The van der Waals surface area contributed by atoms with Crippen LogP contribution < -0.4 is 5.32 Å². The summed E-state index contributed by atoms with van der Waals surface area (Å²) in [5.41, 5.74) is 4.23. The van der Waals surface area contributed by atoms with Gasteiger partial charge in [-0.1, -0.05) is 62.0 Å². The van der Waals surface area contributed by atoms with Crippen molar-refractivity contribution < 1.29 is 0 Å². The Labute approximate surface area is 140 Å². The molecule has 2 unspecified atom stereocenters. The Hall–Kier alpha value is -0.340. The lowest BCUT2D eigenvalue weighted by Crippen LogP contribution is -2.29. The second kappa shape index (κ2) is 9.63. The summed E-state index contributed by atoms with van der Waals surface area (Å²) in [6.07, 6.45) is 6.38. The Morgan fingerprint density at radius 3 is 2.33 bits per heavy atom. The van der Waals surface area contributed by atoms with E-state index in [0.29, 0.717) is 6.04 Å². The molecule has 1 aromatic rings. The molecule has 0 fully saturated rings. The van der Waals surface area contributed by atoms with E-state index in [-0.39, 0.29) is 0 Å². The highest BCUT2D eigenvalue weighted by Gasteiger charge is 2.22. The van der Waals surface area contributed by atoms with Crippen LogP contribution in [0.25, 0.3) is 0 Å². The van der Waals surface area contributed by atoms with E-state index in [4.69, 9.17) is 0 Å². The van der Waals surface area contributed by atoms with Crippen LogP contribution in [0.5, 0.6) is 0 Å². The Balaban J connectivity index is 3.07. The first-order valence-electron chi connectivity index (χ1n) is 8.55. The smallest absolute Gasteiger partial charge is 0.0351 e. The van der Waals surface area contributed by atoms with Crippen LogP contribution in [0.3, 0.4) is 0 Å². The van der Waals surface area contributed by atoms with Gasteiger partial charge in [0.1, 0.15) is 0 Å². The van der Waals surface area contributed by atoms with Crippen LogP contribution in [0.2, 0.25) is 0 Å². The maximum absolute atomic E-state index is 3.82. The van der Waals surface area contributed by atoms with Gasteiger partial charge in [0.05, 0.1) is 0 Å². The number of hydrogen-bond donors (Lipinski definition) is 1. The van der Waals surface area contributed by atoms with E-state index in [9.17, 15) is 0 Å². The molecule has 2 atom stereocenters. The van der Waals surface area contributed by atoms with Crippen LogP contribution in [0.1, 0.15) is 75.6 Å². The summed E-state index contributed by atoms with van der Waals surface area (Å²) in [5.74, 6) is 0.732. The third kappa shape index (κ3) is 5.41. The normalized spacial score (nSPS) is 14.2. The van der Waals surface area contributed by atoms with Crippen LogP contribution >= 0.6 is 15.9 Å². The number of nitrogens with one attached hydrogen (secondary N) is 1. The number of rotatable bonds is 9. The quantitative estimate of drug-likeness (QED) is 0.547. The van der Waals surface area contributed by atoms with Gasteiger partial charge in [-0.2, -0.15) is 0 Å². The maximum atomic E-state index is 3.82. The average Bonchev–Trinajstić information content (AvgIpc) is 2.47. The number of unbranched alkanes of at least 4 members (excludes halogenated alkanes) is 1. The molecule has 0 aliphatic rings. The fraction of sp³-hybridized carbons (Fsp3) is 0.684. The van der Waals surface area contributed by atoms with Gasteiger partial charge in [0.2, 0.25) is 0 Å². The minimum Gasteiger partial charge on any atom is -0.310 e. The van der Waals surface area contributed by atoms with Gasteiger partial charge < -0.3 is 5.32 Å². The Morgan fingerprint density at radius 2 is 1.76 bits per heavy atom. The zero-order valence-electron chi connectivity index (χ0n) is 14.4. The summed E-state index contributed by atoms with van der Waals surface area (Å²) >= 11 is 3.66. The lowest BCUT2D eigenvalue weighted by Gasteiger charge is -2.30. The van der Waals surface area contributed by atoms with Gasteiger partial charge in [0.15, 0.2) is 0 Å². The molecule has 0 aliphatic carbocycles. The summed E-state index contributed by atoms with van der Waals surface area (Å²) < 4.78 is 1.22. The molecule has 2 heteroatoms. The van der Waals surface area contributed by atoms with Gasteiger partial charge in [-0.05, 0) is 61.9 Å². The standard InChI is InChI=1S/C19H32BrN/c1-6-9-10-16(8-3)19(21-11-7-2)17-12-15(5)18(20)13-14(17)4/h12-13,16,19,21H,6-11H2,1-5H3. The van der Waals surface area contributed by atoms with Crippen molar-refractivity contribution in [3.63, 3.8) is 0 Å². The number of aryl methyl sites for hydroxylation is 2. The molecular formula is C19H32BrN. The fourth-order valence-corrected chi connectivity index (χ4v) is 3.50. The molecule has 120 valence electrons. The second-order valence-corrected chi connectivity index (χ2v) is 7.05. The van der Waals surface area contributed by atoms with E-state index < -0.39 is 0 Å². The molecule has 21 heavy (non-hydrogen) atoms. The van der Waals surface area contributed by atoms with Crippen molar-refractivity contribution in [2.45, 2.75) is 72.8 Å². The van der Waals surface area contributed by atoms with Crippen molar-refractivity contribution in [3.8, 4) is 0 Å². The van der Waals surface area contributed by atoms with Crippen LogP contribution in [0.15, 0.2) is 16.6 Å². The molecule has 0 bridgehead atoms. The lowest BCUT2D eigenvalue weighted by atomic mass is 9.84. The first-order chi connectivity index (χ1) is 10.0. The molecule has 0 saturated heterocycles. The number of benzene rings is 1. The lowest BCUT2D eigenvalue weighted by molar-refractivity contribution is 0.322. The van der Waals surface area contributed by atoms with Crippen LogP contribution in [0, 0.1) is 19.8 Å². The van der Waals surface area contributed by atoms with Crippen molar-refractivity contribution in [1.29, 1.82) is 0 Å². The zero-order valence-corrected chi connectivity index (χ0v) is 16.0. The molecule has 1 aromatic carbocycles. The highest BCUT2D eigenvalue weighted by atomic mass is 79.9. The molecule has 0 heterocycles. The second-order valence-electron chi connectivity index (χ2n) is 6.20. The topological polar surface area (TPSA) is 12.0 Å². The Kier molecular flexibility index (Phi) is 8.58. The van der Waals surface area contributed by atoms with E-state index in [1.54, 1.807) is 0 Å². The maximum Gasteiger partial charge on any atom is 0.0351 e. The van der Waals surface area contributed by atoms with E-state index in [1.165, 1.54) is 53.3 Å². The first kappa shape index (κ1) is 18.7. The van der Waals surface area contributed by atoms with E-state index in [1.807, 2.05) is 0 Å². The van der Waals surface area contributed by atoms with Crippen LogP contribution in [0.4, 0.5) is 0 Å². The first-order valence-corrected chi connectivity index (χ1v) is 9.34. The molecule has 1 rings (SSSR count). The third-order valence-electron chi connectivity index (χ3n) is 4.42. The average molecular weight is 354 g/mol. The SMILES string of the molecule is CCCCC(CC)C(NCCC)c1cc(C)c(Br)cc1C. The summed E-state index contributed by atoms with van der Waals surface area (Å²) in [5, 5.41) is 3.82. The Morgan fingerprint density at radius 1 is 1.05 bits per heavy atom.